The Bertz CT molecular complexity index is 254. The van der Waals surface area contributed by atoms with E-state index < -0.39 is 11.9 Å². The maximum atomic E-state index is 11.0. The number of aldehydes is 1. The van der Waals surface area contributed by atoms with Gasteiger partial charge in [0.15, 0.2) is 6.29 Å². The van der Waals surface area contributed by atoms with Crippen molar-refractivity contribution in [3.05, 3.63) is 11.6 Å². The number of esters is 2. The molecule has 0 aromatic carbocycles. The summed E-state index contributed by atoms with van der Waals surface area (Å²) in [5, 5.41) is 0. The first-order chi connectivity index (χ1) is 6.65. The predicted octanol–water partition coefficient (Wildman–Crippen LogP) is 0.238. The zero-order valence-corrected chi connectivity index (χ0v) is 8.11. The SMILES string of the molecule is CCOC(=O)C=C(C=O)C(=O)OCC. The molecule has 0 saturated heterocycles. The van der Waals surface area contributed by atoms with Gasteiger partial charge in [-0.25, -0.2) is 9.59 Å². The molecule has 0 aromatic heterocycles. The zero-order valence-electron chi connectivity index (χ0n) is 8.11. The van der Waals surface area contributed by atoms with E-state index in [-0.39, 0.29) is 25.1 Å². The minimum atomic E-state index is -0.824. The van der Waals surface area contributed by atoms with E-state index in [1.54, 1.807) is 13.8 Å². The van der Waals surface area contributed by atoms with E-state index in [1.807, 2.05) is 0 Å². The lowest BCUT2D eigenvalue weighted by Crippen LogP contribution is -2.11. The lowest BCUT2D eigenvalue weighted by molar-refractivity contribution is -0.141. The van der Waals surface area contributed by atoms with Gasteiger partial charge in [-0.05, 0) is 13.8 Å². The van der Waals surface area contributed by atoms with Crippen LogP contribution in [0.3, 0.4) is 0 Å². The molecule has 0 bridgehead atoms. The highest BCUT2D eigenvalue weighted by Crippen LogP contribution is 1.95. The summed E-state index contributed by atoms with van der Waals surface area (Å²) >= 11 is 0. The molecule has 0 radical (unpaired) electrons. The molecule has 0 heterocycles. The van der Waals surface area contributed by atoms with Crippen molar-refractivity contribution >= 4 is 18.2 Å². The molecule has 0 fully saturated rings. The Morgan fingerprint density at radius 1 is 1.14 bits per heavy atom. The largest absolute Gasteiger partial charge is 0.463 e. The van der Waals surface area contributed by atoms with Crippen molar-refractivity contribution in [1.29, 1.82) is 0 Å². The van der Waals surface area contributed by atoms with Crippen LogP contribution < -0.4 is 0 Å². The van der Waals surface area contributed by atoms with Crippen LogP contribution in [0.5, 0.6) is 0 Å². The number of hydrogen-bond donors (Lipinski definition) is 0. The third-order valence-electron chi connectivity index (χ3n) is 1.20. The zero-order chi connectivity index (χ0) is 11.0. The first-order valence-electron chi connectivity index (χ1n) is 4.16. The summed E-state index contributed by atoms with van der Waals surface area (Å²) in [5.41, 5.74) is -0.342. The van der Waals surface area contributed by atoms with Gasteiger partial charge in [0, 0.05) is 6.08 Å². The Morgan fingerprint density at radius 2 is 1.71 bits per heavy atom. The van der Waals surface area contributed by atoms with Crippen LogP contribution >= 0.6 is 0 Å². The van der Waals surface area contributed by atoms with E-state index >= 15 is 0 Å². The Balaban J connectivity index is 4.45. The average molecular weight is 200 g/mol. The fraction of sp³-hybridized carbons (Fsp3) is 0.444. The molecule has 0 rings (SSSR count). The first-order valence-corrected chi connectivity index (χ1v) is 4.16. The molecule has 0 spiro atoms. The second-order valence-corrected chi connectivity index (χ2v) is 2.19. The van der Waals surface area contributed by atoms with Crippen molar-refractivity contribution in [3.63, 3.8) is 0 Å². The topological polar surface area (TPSA) is 69.7 Å². The Labute approximate surface area is 81.7 Å². The average Bonchev–Trinajstić information content (AvgIpc) is 2.15. The van der Waals surface area contributed by atoms with E-state index in [1.165, 1.54) is 0 Å². The van der Waals surface area contributed by atoms with Gasteiger partial charge in [0.05, 0.1) is 13.2 Å². The van der Waals surface area contributed by atoms with E-state index in [9.17, 15) is 14.4 Å². The Kier molecular flexibility index (Phi) is 6.02. The van der Waals surface area contributed by atoms with Crippen molar-refractivity contribution in [2.45, 2.75) is 13.8 Å². The fourth-order valence-corrected chi connectivity index (χ4v) is 0.666. The van der Waals surface area contributed by atoms with Crippen LogP contribution in [0.2, 0.25) is 0 Å². The van der Waals surface area contributed by atoms with Crippen molar-refractivity contribution in [2.75, 3.05) is 13.2 Å². The van der Waals surface area contributed by atoms with Crippen LogP contribution in [-0.2, 0) is 23.9 Å². The van der Waals surface area contributed by atoms with E-state index in [4.69, 9.17) is 0 Å². The van der Waals surface area contributed by atoms with Crippen molar-refractivity contribution in [1.82, 2.24) is 0 Å². The number of hydrogen-bond acceptors (Lipinski definition) is 5. The van der Waals surface area contributed by atoms with Crippen LogP contribution in [0.15, 0.2) is 11.6 Å². The quantitative estimate of drug-likeness (QED) is 0.209. The maximum absolute atomic E-state index is 11.0. The highest BCUT2D eigenvalue weighted by Gasteiger charge is 2.11. The second kappa shape index (κ2) is 6.82. The number of ether oxygens (including phenoxy) is 2. The molecule has 0 aliphatic heterocycles. The van der Waals surface area contributed by atoms with Gasteiger partial charge in [-0.1, -0.05) is 0 Å². The molecule has 0 saturated carbocycles. The summed E-state index contributed by atoms with van der Waals surface area (Å²) in [5.74, 6) is -1.56. The molecule has 0 amide bonds. The van der Waals surface area contributed by atoms with Crippen molar-refractivity contribution in [3.8, 4) is 0 Å². The molecule has 5 heteroatoms. The lowest BCUT2D eigenvalue weighted by atomic mass is 10.3. The van der Waals surface area contributed by atoms with E-state index in [2.05, 4.69) is 9.47 Å². The standard InChI is InChI=1S/C9H12O5/c1-3-13-8(11)5-7(6-10)9(12)14-4-2/h5-6H,3-4H2,1-2H3. The first kappa shape index (κ1) is 12.3. The normalized spacial score (nSPS) is 10.6. The maximum Gasteiger partial charge on any atom is 0.341 e. The molecule has 0 aromatic rings. The molecule has 78 valence electrons. The van der Waals surface area contributed by atoms with Crippen LogP contribution in [0, 0.1) is 0 Å². The summed E-state index contributed by atoms with van der Waals surface area (Å²) in [6.45, 7) is 3.55. The fourth-order valence-electron chi connectivity index (χ4n) is 0.666. The van der Waals surface area contributed by atoms with Crippen molar-refractivity contribution in [2.24, 2.45) is 0 Å². The van der Waals surface area contributed by atoms with Gasteiger partial charge in [0.25, 0.3) is 0 Å². The molecule has 14 heavy (non-hydrogen) atoms. The molecule has 0 aliphatic carbocycles. The predicted molar refractivity (Wildman–Crippen MR) is 47.4 cm³/mol. The second-order valence-electron chi connectivity index (χ2n) is 2.19. The molecule has 0 aliphatic rings. The minimum Gasteiger partial charge on any atom is -0.463 e. The van der Waals surface area contributed by atoms with Gasteiger partial charge in [-0.2, -0.15) is 0 Å². The van der Waals surface area contributed by atoms with Crippen LogP contribution in [0.4, 0.5) is 0 Å². The monoisotopic (exact) mass is 200 g/mol. The molecule has 0 unspecified atom stereocenters. The van der Waals surface area contributed by atoms with E-state index in [0.717, 1.165) is 6.08 Å². The van der Waals surface area contributed by atoms with Gasteiger partial charge in [0.2, 0.25) is 0 Å². The minimum absolute atomic E-state index is 0.146. The van der Waals surface area contributed by atoms with E-state index in [0.29, 0.717) is 0 Å². The number of carbonyl (C=O) groups is 3. The smallest absolute Gasteiger partial charge is 0.341 e. The molecule has 0 atom stereocenters. The summed E-state index contributed by atoms with van der Waals surface area (Å²) in [7, 11) is 0. The van der Waals surface area contributed by atoms with Crippen LogP contribution in [-0.4, -0.2) is 31.4 Å². The van der Waals surface area contributed by atoms with Gasteiger partial charge in [0.1, 0.15) is 5.57 Å². The summed E-state index contributed by atoms with van der Waals surface area (Å²) in [6.07, 6.45) is 1.07. The molecule has 0 N–H and O–H groups in total. The van der Waals surface area contributed by atoms with Gasteiger partial charge < -0.3 is 9.47 Å². The summed E-state index contributed by atoms with van der Waals surface area (Å²) in [4.78, 5) is 32.2. The molecule has 5 nitrogen and oxygen atoms in total. The number of rotatable bonds is 5. The van der Waals surface area contributed by atoms with Gasteiger partial charge >= 0.3 is 11.9 Å². The van der Waals surface area contributed by atoms with Crippen LogP contribution in [0.25, 0.3) is 0 Å². The number of carbonyl (C=O) groups excluding carboxylic acids is 3. The molecular formula is C9H12O5. The third kappa shape index (κ3) is 4.39. The van der Waals surface area contributed by atoms with Crippen molar-refractivity contribution < 1.29 is 23.9 Å². The highest BCUT2D eigenvalue weighted by molar-refractivity contribution is 6.11. The highest BCUT2D eigenvalue weighted by atomic mass is 16.5. The summed E-state index contributed by atoms with van der Waals surface area (Å²) in [6, 6.07) is 0. The van der Waals surface area contributed by atoms with Crippen LogP contribution in [0.1, 0.15) is 13.8 Å². The summed E-state index contributed by atoms with van der Waals surface area (Å²) < 4.78 is 9.05. The Hall–Kier alpha value is -1.65. The van der Waals surface area contributed by atoms with Gasteiger partial charge in [-0.3, -0.25) is 4.79 Å². The molecular weight excluding hydrogens is 188 g/mol. The third-order valence-corrected chi connectivity index (χ3v) is 1.20. The lowest BCUT2D eigenvalue weighted by Gasteiger charge is -2.00. The Morgan fingerprint density at radius 3 is 2.14 bits per heavy atom. The van der Waals surface area contributed by atoms with Gasteiger partial charge in [-0.15, -0.1) is 0 Å².